The minimum Gasteiger partial charge on any atom is -0.479 e. The molecule has 11 heteroatoms. The summed E-state index contributed by atoms with van der Waals surface area (Å²) in [5.41, 5.74) is -0.0872. The largest absolute Gasteiger partial charge is 0.479 e. The smallest absolute Gasteiger partial charge is 0.287 e. The Hall–Kier alpha value is -2.91. The lowest BCUT2D eigenvalue weighted by Gasteiger charge is -2.26. The van der Waals surface area contributed by atoms with Crippen molar-refractivity contribution in [3.63, 3.8) is 0 Å². The van der Waals surface area contributed by atoms with Gasteiger partial charge in [0, 0.05) is 26.2 Å². The maximum atomic E-state index is 12.8. The summed E-state index contributed by atoms with van der Waals surface area (Å²) in [6.07, 6.45) is 0.851. The van der Waals surface area contributed by atoms with Gasteiger partial charge >= 0.3 is 0 Å². The first-order valence-corrected chi connectivity index (χ1v) is 10.2. The van der Waals surface area contributed by atoms with Gasteiger partial charge in [-0.15, -0.1) is 0 Å². The molecule has 1 fully saturated rings. The second-order valence-corrected chi connectivity index (χ2v) is 7.90. The molecule has 0 bridgehead atoms. The molecule has 0 radical (unpaired) electrons. The van der Waals surface area contributed by atoms with Gasteiger partial charge in [0.05, 0.1) is 16.0 Å². The molecule has 164 valence electrons. The van der Waals surface area contributed by atoms with Crippen LogP contribution in [0.5, 0.6) is 5.75 Å². The molecule has 0 aliphatic carbocycles. The number of amides is 2. The van der Waals surface area contributed by atoms with Crippen LogP contribution in [0, 0.1) is 10.1 Å². The second kappa shape index (κ2) is 9.49. The number of benzene rings is 1. The highest BCUT2D eigenvalue weighted by Gasteiger charge is 2.34. The van der Waals surface area contributed by atoms with Crippen molar-refractivity contribution in [2.45, 2.75) is 25.5 Å². The van der Waals surface area contributed by atoms with Gasteiger partial charge < -0.3 is 14.5 Å². The Balaban J connectivity index is 1.60. The van der Waals surface area contributed by atoms with Crippen molar-refractivity contribution in [3.05, 3.63) is 62.4 Å². The molecular weight excluding hydrogens is 447 g/mol. The third-order valence-electron chi connectivity index (χ3n) is 5.09. The number of carbonyl (C=O) groups excluding carboxylic acids is 2. The third-order valence-corrected chi connectivity index (χ3v) is 5.89. The molecule has 1 aliphatic heterocycles. The lowest BCUT2D eigenvalue weighted by molar-refractivity contribution is -0.385. The number of nitro groups is 1. The van der Waals surface area contributed by atoms with Gasteiger partial charge in [0.2, 0.25) is 0 Å². The van der Waals surface area contributed by atoms with E-state index in [0.29, 0.717) is 30.3 Å². The van der Waals surface area contributed by atoms with E-state index < -0.39 is 11.0 Å². The van der Waals surface area contributed by atoms with Crippen LogP contribution < -0.4 is 4.74 Å². The van der Waals surface area contributed by atoms with Crippen molar-refractivity contribution in [3.8, 4) is 5.75 Å². The summed E-state index contributed by atoms with van der Waals surface area (Å²) >= 11 is 12.1. The monoisotopic (exact) mass is 466 g/mol. The SMILES string of the molecule is CC(Oc1cccc(Cl)c1Cl)C(=O)N1CCC(N(C)C(=O)c2ccc([N+](=O)[O-])cn2)C1. The molecule has 2 atom stereocenters. The number of carbonyl (C=O) groups is 2. The van der Waals surface area contributed by atoms with E-state index in [4.69, 9.17) is 27.9 Å². The summed E-state index contributed by atoms with van der Waals surface area (Å²) in [7, 11) is 1.62. The molecule has 2 aromatic rings. The van der Waals surface area contributed by atoms with E-state index in [0.717, 1.165) is 6.20 Å². The molecule has 2 unspecified atom stereocenters. The number of likely N-dealkylation sites (tertiary alicyclic amines) is 1. The van der Waals surface area contributed by atoms with Crippen molar-refractivity contribution >= 4 is 40.7 Å². The lowest BCUT2D eigenvalue weighted by atomic mass is 10.2. The predicted molar refractivity (Wildman–Crippen MR) is 115 cm³/mol. The molecule has 1 aromatic heterocycles. The van der Waals surface area contributed by atoms with Crippen LogP contribution in [0.4, 0.5) is 5.69 Å². The van der Waals surface area contributed by atoms with E-state index in [1.54, 1.807) is 37.1 Å². The van der Waals surface area contributed by atoms with E-state index >= 15 is 0 Å². The predicted octanol–water partition coefficient (Wildman–Crippen LogP) is 3.44. The zero-order valence-corrected chi connectivity index (χ0v) is 18.3. The van der Waals surface area contributed by atoms with E-state index in [1.807, 2.05) is 0 Å². The van der Waals surface area contributed by atoms with Crippen LogP contribution in [-0.2, 0) is 4.79 Å². The molecule has 0 saturated carbocycles. The number of hydrogen-bond donors (Lipinski definition) is 0. The molecule has 1 aromatic carbocycles. The minimum absolute atomic E-state index is 0.102. The number of hydrogen-bond acceptors (Lipinski definition) is 6. The second-order valence-electron chi connectivity index (χ2n) is 7.11. The molecule has 9 nitrogen and oxygen atoms in total. The van der Waals surface area contributed by atoms with Gasteiger partial charge in [0.15, 0.2) is 6.10 Å². The minimum atomic E-state index is -0.785. The summed E-state index contributed by atoms with van der Waals surface area (Å²) in [5.74, 6) is -0.278. The third kappa shape index (κ3) is 5.05. The molecule has 3 rings (SSSR count). The number of nitrogens with zero attached hydrogens (tertiary/aromatic N) is 4. The molecule has 0 N–H and O–H groups in total. The summed E-state index contributed by atoms with van der Waals surface area (Å²) in [5, 5.41) is 11.3. The number of ether oxygens (including phenoxy) is 1. The van der Waals surface area contributed by atoms with Crippen LogP contribution in [0.1, 0.15) is 23.8 Å². The van der Waals surface area contributed by atoms with Gasteiger partial charge in [0.1, 0.15) is 22.7 Å². The first-order chi connectivity index (χ1) is 14.7. The number of halogens is 2. The van der Waals surface area contributed by atoms with Gasteiger partial charge in [0.25, 0.3) is 17.5 Å². The number of likely N-dealkylation sites (N-methyl/N-ethyl adjacent to an activating group) is 1. The van der Waals surface area contributed by atoms with Crippen molar-refractivity contribution in [1.29, 1.82) is 0 Å². The van der Waals surface area contributed by atoms with Gasteiger partial charge in [-0.05, 0) is 31.5 Å². The Labute approximate surface area is 188 Å². The molecule has 1 aliphatic rings. The number of rotatable bonds is 6. The fourth-order valence-electron chi connectivity index (χ4n) is 3.30. The standard InChI is InChI=1S/C20H20Cl2N4O5/c1-12(31-17-5-3-4-15(21)18(17)22)19(27)25-9-8-14(11-25)24(2)20(28)16-7-6-13(10-23-16)26(29)30/h3-7,10,12,14H,8-9,11H2,1-2H3. The molecular formula is C20H20Cl2N4O5. The maximum Gasteiger partial charge on any atom is 0.287 e. The zero-order valence-electron chi connectivity index (χ0n) is 16.8. The molecule has 2 heterocycles. The quantitative estimate of drug-likeness (QED) is 0.476. The van der Waals surface area contributed by atoms with Crippen LogP contribution >= 0.6 is 23.2 Å². The van der Waals surface area contributed by atoms with E-state index in [2.05, 4.69) is 4.98 Å². The Morgan fingerprint density at radius 1 is 1.32 bits per heavy atom. The topological polar surface area (TPSA) is 106 Å². The Morgan fingerprint density at radius 3 is 2.71 bits per heavy atom. The summed E-state index contributed by atoms with van der Waals surface area (Å²) in [6, 6.07) is 7.28. The molecule has 2 amide bonds. The summed E-state index contributed by atoms with van der Waals surface area (Å²) in [6.45, 7) is 2.43. The van der Waals surface area contributed by atoms with Gasteiger partial charge in [-0.1, -0.05) is 29.3 Å². The average Bonchev–Trinajstić information content (AvgIpc) is 3.25. The first kappa shape index (κ1) is 22.8. The van der Waals surface area contributed by atoms with E-state index in [9.17, 15) is 19.7 Å². The molecule has 0 spiro atoms. The maximum absolute atomic E-state index is 12.8. The molecule has 31 heavy (non-hydrogen) atoms. The highest BCUT2D eigenvalue weighted by atomic mass is 35.5. The van der Waals surface area contributed by atoms with Crippen molar-refractivity contribution in [1.82, 2.24) is 14.8 Å². The lowest BCUT2D eigenvalue weighted by Crippen LogP contribution is -2.43. The Kier molecular flexibility index (Phi) is 6.97. The number of pyridine rings is 1. The van der Waals surface area contributed by atoms with Gasteiger partial charge in [-0.25, -0.2) is 4.98 Å². The fourth-order valence-corrected chi connectivity index (χ4v) is 3.63. The van der Waals surface area contributed by atoms with Gasteiger partial charge in [-0.2, -0.15) is 0 Å². The van der Waals surface area contributed by atoms with Crippen molar-refractivity contribution in [2.24, 2.45) is 0 Å². The van der Waals surface area contributed by atoms with Crippen molar-refractivity contribution < 1.29 is 19.2 Å². The van der Waals surface area contributed by atoms with Crippen LogP contribution in [-0.4, -0.2) is 63.8 Å². The Morgan fingerprint density at radius 2 is 2.06 bits per heavy atom. The zero-order chi connectivity index (χ0) is 22.7. The van der Waals surface area contributed by atoms with E-state index in [-0.39, 0.29) is 34.3 Å². The summed E-state index contributed by atoms with van der Waals surface area (Å²) < 4.78 is 5.69. The normalized spacial score (nSPS) is 16.6. The summed E-state index contributed by atoms with van der Waals surface area (Å²) in [4.78, 5) is 42.6. The van der Waals surface area contributed by atoms with Crippen LogP contribution in [0.2, 0.25) is 10.0 Å². The Bertz CT molecular complexity index is 1000. The van der Waals surface area contributed by atoms with Crippen LogP contribution in [0.25, 0.3) is 0 Å². The highest BCUT2D eigenvalue weighted by Crippen LogP contribution is 2.32. The van der Waals surface area contributed by atoms with Crippen LogP contribution in [0.15, 0.2) is 36.5 Å². The number of aromatic nitrogens is 1. The first-order valence-electron chi connectivity index (χ1n) is 9.46. The van der Waals surface area contributed by atoms with Crippen LogP contribution in [0.3, 0.4) is 0 Å². The van der Waals surface area contributed by atoms with Crippen molar-refractivity contribution in [2.75, 3.05) is 20.1 Å². The van der Waals surface area contributed by atoms with E-state index in [1.165, 1.54) is 17.0 Å². The molecule has 1 saturated heterocycles. The highest BCUT2D eigenvalue weighted by molar-refractivity contribution is 6.42. The fraction of sp³-hybridized carbons (Fsp3) is 0.350. The van der Waals surface area contributed by atoms with Gasteiger partial charge in [-0.3, -0.25) is 19.7 Å². The average molecular weight is 467 g/mol.